The number of hydrogen-bond donors (Lipinski definition) is 0. The molecule has 2 nitrogen and oxygen atoms in total. The molecule has 0 amide bonds. The minimum Gasteiger partial charge on any atom is -0.294 e. The largest absolute Gasteiger partial charge is 0.294 e. The monoisotopic (exact) mass is 239 g/mol. The van der Waals surface area contributed by atoms with Crippen LogP contribution in [0.4, 0.5) is 0 Å². The Balaban J connectivity index is 2.74. The molecule has 16 heavy (non-hydrogen) atoms. The van der Waals surface area contributed by atoms with Crippen LogP contribution in [0, 0.1) is 5.92 Å². The molecule has 0 spiro atoms. The molecule has 1 unspecified atom stereocenters. The predicted octanol–water partition coefficient (Wildman–Crippen LogP) is 4.13. The summed E-state index contributed by atoms with van der Waals surface area (Å²) in [6.45, 7) is 4.20. The third kappa shape index (κ3) is 3.60. The number of hydrogen-bond acceptors (Lipinski definition) is 2. The Labute approximate surface area is 102 Å². The summed E-state index contributed by atoms with van der Waals surface area (Å²) >= 11 is 5.78. The lowest BCUT2D eigenvalue weighted by Crippen LogP contribution is -2.14. The van der Waals surface area contributed by atoms with Crippen LogP contribution in [0.15, 0.2) is 18.3 Å². The van der Waals surface area contributed by atoms with Crippen molar-refractivity contribution >= 4 is 17.4 Å². The van der Waals surface area contributed by atoms with Crippen molar-refractivity contribution in [3.8, 4) is 0 Å². The van der Waals surface area contributed by atoms with Crippen molar-refractivity contribution in [3.05, 3.63) is 29.0 Å². The molecule has 0 aliphatic carbocycles. The molecule has 3 heteroatoms. The van der Waals surface area contributed by atoms with E-state index in [9.17, 15) is 4.79 Å². The Morgan fingerprint density at radius 2 is 2.25 bits per heavy atom. The second-order valence-electron chi connectivity index (χ2n) is 3.98. The van der Waals surface area contributed by atoms with Crippen LogP contribution in [0.1, 0.15) is 49.9 Å². The second-order valence-corrected chi connectivity index (χ2v) is 4.37. The second kappa shape index (κ2) is 6.64. The Kier molecular flexibility index (Phi) is 5.47. The van der Waals surface area contributed by atoms with Crippen LogP contribution < -0.4 is 0 Å². The number of nitrogens with zero attached hydrogens (tertiary/aromatic N) is 1. The summed E-state index contributed by atoms with van der Waals surface area (Å²) in [4.78, 5) is 16.0. The van der Waals surface area contributed by atoms with Crippen LogP contribution in [-0.2, 0) is 0 Å². The number of pyridine rings is 1. The van der Waals surface area contributed by atoms with E-state index in [0.717, 1.165) is 25.7 Å². The maximum Gasteiger partial charge on any atom is 0.166 e. The van der Waals surface area contributed by atoms with Crippen LogP contribution in [-0.4, -0.2) is 10.8 Å². The van der Waals surface area contributed by atoms with Gasteiger partial charge in [-0.25, -0.2) is 4.98 Å². The Bertz CT molecular complexity index is 352. The van der Waals surface area contributed by atoms with E-state index < -0.39 is 0 Å². The maximum absolute atomic E-state index is 12.1. The van der Waals surface area contributed by atoms with Crippen molar-refractivity contribution < 1.29 is 4.79 Å². The van der Waals surface area contributed by atoms with Gasteiger partial charge < -0.3 is 0 Å². The first-order valence-corrected chi connectivity index (χ1v) is 6.22. The minimum absolute atomic E-state index is 0.124. The lowest BCUT2D eigenvalue weighted by molar-refractivity contribution is 0.0908. The predicted molar refractivity (Wildman–Crippen MR) is 66.9 cm³/mol. The highest BCUT2D eigenvalue weighted by molar-refractivity contribution is 6.29. The van der Waals surface area contributed by atoms with Crippen LogP contribution in [0.3, 0.4) is 0 Å². The third-order valence-corrected chi connectivity index (χ3v) is 2.99. The van der Waals surface area contributed by atoms with Crippen LogP contribution in [0.5, 0.6) is 0 Å². The molecule has 0 bridgehead atoms. The van der Waals surface area contributed by atoms with Crippen LogP contribution in [0.25, 0.3) is 0 Å². The Morgan fingerprint density at radius 3 is 2.81 bits per heavy atom. The number of aromatic nitrogens is 1. The van der Waals surface area contributed by atoms with Gasteiger partial charge in [0.05, 0.1) is 0 Å². The van der Waals surface area contributed by atoms with E-state index >= 15 is 0 Å². The molecule has 1 atom stereocenters. The number of Topliss-reactive ketones (excluding diaryl/α,β-unsaturated/α-hetero) is 1. The molecule has 0 saturated heterocycles. The van der Waals surface area contributed by atoms with Crippen molar-refractivity contribution in [2.24, 2.45) is 5.92 Å². The molecule has 0 N–H and O–H groups in total. The minimum atomic E-state index is 0.124. The van der Waals surface area contributed by atoms with Gasteiger partial charge >= 0.3 is 0 Å². The van der Waals surface area contributed by atoms with Crippen molar-refractivity contribution in [2.75, 3.05) is 0 Å². The van der Waals surface area contributed by atoms with E-state index in [-0.39, 0.29) is 11.7 Å². The van der Waals surface area contributed by atoms with Crippen molar-refractivity contribution in [1.29, 1.82) is 0 Å². The van der Waals surface area contributed by atoms with Gasteiger partial charge in [0, 0.05) is 17.7 Å². The molecule has 0 aromatic carbocycles. The molecule has 1 aromatic heterocycles. The van der Waals surface area contributed by atoms with Gasteiger partial charge in [0.25, 0.3) is 0 Å². The highest BCUT2D eigenvalue weighted by Gasteiger charge is 2.17. The van der Waals surface area contributed by atoms with Gasteiger partial charge in [-0.3, -0.25) is 4.79 Å². The fourth-order valence-corrected chi connectivity index (χ4v) is 1.94. The van der Waals surface area contributed by atoms with Gasteiger partial charge in [0.1, 0.15) is 5.15 Å². The number of carbonyl (C=O) groups excluding carboxylic acids is 1. The average Bonchev–Trinajstić information content (AvgIpc) is 2.29. The van der Waals surface area contributed by atoms with E-state index in [0.29, 0.717) is 10.7 Å². The highest BCUT2D eigenvalue weighted by atomic mass is 35.5. The summed E-state index contributed by atoms with van der Waals surface area (Å²) in [6, 6.07) is 3.39. The fourth-order valence-electron chi connectivity index (χ4n) is 1.76. The topological polar surface area (TPSA) is 30.0 Å². The summed E-state index contributed by atoms with van der Waals surface area (Å²) < 4.78 is 0. The standard InChI is InChI=1S/C13H18ClNO/c1-3-5-6-10(4-2)13(16)11-7-8-15-12(14)9-11/h7-10H,3-6H2,1-2H3. The number of ketones is 1. The lowest BCUT2D eigenvalue weighted by atomic mass is 9.91. The first-order valence-electron chi connectivity index (χ1n) is 5.84. The normalized spacial score (nSPS) is 12.4. The Morgan fingerprint density at radius 1 is 1.50 bits per heavy atom. The van der Waals surface area contributed by atoms with Gasteiger partial charge in [-0.15, -0.1) is 0 Å². The number of halogens is 1. The molecular formula is C13H18ClNO. The van der Waals surface area contributed by atoms with Crippen molar-refractivity contribution in [3.63, 3.8) is 0 Å². The smallest absolute Gasteiger partial charge is 0.166 e. The number of unbranched alkanes of at least 4 members (excludes halogenated alkanes) is 1. The Hall–Kier alpha value is -0.890. The summed E-state index contributed by atoms with van der Waals surface area (Å²) in [6.07, 6.45) is 5.66. The molecule has 0 aliphatic rings. The third-order valence-electron chi connectivity index (χ3n) is 2.78. The van der Waals surface area contributed by atoms with E-state index in [1.165, 1.54) is 0 Å². The summed E-state index contributed by atoms with van der Waals surface area (Å²) in [7, 11) is 0. The molecule has 0 saturated carbocycles. The van der Waals surface area contributed by atoms with E-state index in [4.69, 9.17) is 11.6 Å². The first-order chi connectivity index (χ1) is 7.69. The lowest BCUT2D eigenvalue weighted by Gasteiger charge is -2.13. The molecule has 1 rings (SSSR count). The molecule has 0 fully saturated rings. The zero-order valence-corrected chi connectivity index (χ0v) is 10.6. The van der Waals surface area contributed by atoms with Gasteiger partial charge in [0.15, 0.2) is 5.78 Å². The van der Waals surface area contributed by atoms with Crippen molar-refractivity contribution in [1.82, 2.24) is 4.98 Å². The average molecular weight is 240 g/mol. The van der Waals surface area contributed by atoms with E-state index in [1.54, 1.807) is 18.3 Å². The SMILES string of the molecule is CCCCC(CC)C(=O)c1ccnc(Cl)c1. The summed E-state index contributed by atoms with van der Waals surface area (Å²) in [5.41, 5.74) is 0.683. The molecule has 1 aromatic rings. The first kappa shape index (κ1) is 13.2. The molecule has 88 valence electrons. The van der Waals surface area contributed by atoms with E-state index in [1.807, 2.05) is 0 Å². The van der Waals surface area contributed by atoms with Crippen LogP contribution >= 0.6 is 11.6 Å². The zero-order valence-electron chi connectivity index (χ0n) is 9.87. The van der Waals surface area contributed by atoms with Gasteiger partial charge in [-0.1, -0.05) is 38.3 Å². The molecular weight excluding hydrogens is 222 g/mol. The summed E-state index contributed by atoms with van der Waals surface area (Å²) in [5.74, 6) is 0.318. The molecule has 1 heterocycles. The zero-order chi connectivity index (χ0) is 12.0. The van der Waals surface area contributed by atoms with E-state index in [2.05, 4.69) is 18.8 Å². The molecule has 0 aliphatic heterocycles. The number of rotatable bonds is 6. The highest BCUT2D eigenvalue weighted by Crippen LogP contribution is 2.19. The molecule has 0 radical (unpaired) electrons. The van der Waals surface area contributed by atoms with Crippen LogP contribution in [0.2, 0.25) is 5.15 Å². The fraction of sp³-hybridized carbons (Fsp3) is 0.538. The van der Waals surface area contributed by atoms with Gasteiger partial charge in [-0.2, -0.15) is 0 Å². The quantitative estimate of drug-likeness (QED) is 0.552. The van der Waals surface area contributed by atoms with Gasteiger partial charge in [-0.05, 0) is 25.0 Å². The van der Waals surface area contributed by atoms with Crippen molar-refractivity contribution in [2.45, 2.75) is 39.5 Å². The summed E-state index contributed by atoms with van der Waals surface area (Å²) in [5, 5.41) is 0.385. The van der Waals surface area contributed by atoms with Gasteiger partial charge in [0.2, 0.25) is 0 Å². The maximum atomic E-state index is 12.1. The number of carbonyl (C=O) groups is 1.